The average molecular weight is 589 g/mol. The first-order chi connectivity index (χ1) is 14.9. The number of aryl methyl sites for hydroxylation is 1. The molecule has 0 aliphatic heterocycles. The molecule has 2 aromatic rings. The Hall–Kier alpha value is -1.91. The quantitative estimate of drug-likeness (QED) is 0.482. The molecule has 0 saturated heterocycles. The molecule has 0 aliphatic rings. The minimum absolute atomic E-state index is 0.168. The van der Waals surface area contributed by atoms with Gasteiger partial charge in [0.25, 0.3) is 0 Å². The molecule has 0 spiro atoms. The lowest BCUT2D eigenvalue weighted by molar-refractivity contribution is -0.139. The van der Waals surface area contributed by atoms with Crippen LogP contribution in [0, 0.1) is 6.92 Å². The van der Waals surface area contributed by atoms with E-state index in [1.807, 2.05) is 31.2 Å². The molecule has 0 aromatic heterocycles. The first kappa shape index (κ1) is 26.3. The molecule has 32 heavy (non-hydrogen) atoms. The summed E-state index contributed by atoms with van der Waals surface area (Å²) in [6, 6.07) is 11.7. The number of carbonyl (C=O) groups excluding carboxylic acids is 2. The predicted molar refractivity (Wildman–Crippen MR) is 134 cm³/mol. The van der Waals surface area contributed by atoms with Crippen LogP contribution in [0.2, 0.25) is 0 Å². The number of rotatable bonds is 9. The van der Waals surface area contributed by atoms with Crippen molar-refractivity contribution in [3.05, 3.63) is 62.5 Å². The Labute approximate surface area is 206 Å². The fourth-order valence-corrected chi connectivity index (χ4v) is 4.44. The summed E-state index contributed by atoms with van der Waals surface area (Å²) in [5.74, 6) is -0.777. The number of halogens is 2. The van der Waals surface area contributed by atoms with E-state index in [0.717, 1.165) is 30.6 Å². The summed E-state index contributed by atoms with van der Waals surface area (Å²) in [7, 11) is -3.75. The van der Waals surface area contributed by atoms with Crippen LogP contribution in [0.25, 0.3) is 0 Å². The van der Waals surface area contributed by atoms with Crippen molar-refractivity contribution >= 4 is 59.4 Å². The number of nitrogens with one attached hydrogen (secondary N) is 1. The molecule has 1 N–H and O–H groups in total. The van der Waals surface area contributed by atoms with E-state index in [0.29, 0.717) is 12.2 Å². The maximum atomic E-state index is 13.4. The van der Waals surface area contributed by atoms with Gasteiger partial charge in [0, 0.05) is 22.0 Å². The molecule has 0 bridgehead atoms. The molecule has 1 atom stereocenters. The number of carbonyl (C=O) groups is 2. The molecule has 0 radical (unpaired) electrons. The molecule has 174 valence electrons. The van der Waals surface area contributed by atoms with Crippen molar-refractivity contribution in [3.63, 3.8) is 0 Å². The number of benzene rings is 2. The van der Waals surface area contributed by atoms with Gasteiger partial charge in [-0.2, -0.15) is 0 Å². The molecule has 2 aromatic carbocycles. The van der Waals surface area contributed by atoms with Crippen LogP contribution in [0.5, 0.6) is 0 Å². The highest BCUT2D eigenvalue weighted by Gasteiger charge is 2.30. The van der Waals surface area contributed by atoms with Crippen LogP contribution in [-0.4, -0.2) is 50.5 Å². The van der Waals surface area contributed by atoms with Crippen LogP contribution in [0.1, 0.15) is 25.0 Å². The zero-order valence-corrected chi connectivity index (χ0v) is 22.4. The molecular weight excluding hydrogens is 562 g/mol. The molecule has 2 rings (SSSR count). The maximum Gasteiger partial charge on any atom is 0.244 e. The van der Waals surface area contributed by atoms with Gasteiger partial charge in [-0.3, -0.25) is 13.9 Å². The Morgan fingerprint density at radius 1 is 1.09 bits per heavy atom. The fourth-order valence-electron chi connectivity index (χ4n) is 3.09. The molecule has 0 saturated carbocycles. The molecule has 7 nitrogen and oxygen atoms in total. The van der Waals surface area contributed by atoms with Gasteiger partial charge >= 0.3 is 0 Å². The highest BCUT2D eigenvalue weighted by atomic mass is 79.9. The summed E-state index contributed by atoms with van der Waals surface area (Å²) in [4.78, 5) is 27.3. The lowest BCUT2D eigenvalue weighted by atomic mass is 10.1. The van der Waals surface area contributed by atoms with Gasteiger partial charge in [-0.05, 0) is 62.2 Å². The minimum Gasteiger partial charge on any atom is -0.355 e. The molecule has 1 unspecified atom stereocenters. The van der Waals surface area contributed by atoms with Crippen LogP contribution < -0.4 is 9.62 Å². The van der Waals surface area contributed by atoms with Gasteiger partial charge in [0.15, 0.2) is 0 Å². The number of sulfonamides is 1. The van der Waals surface area contributed by atoms with E-state index in [1.165, 1.54) is 4.90 Å². The summed E-state index contributed by atoms with van der Waals surface area (Å²) < 4.78 is 27.9. The third kappa shape index (κ3) is 7.05. The Bertz CT molecular complexity index is 1080. The molecule has 2 amide bonds. The number of hydrogen-bond donors (Lipinski definition) is 1. The minimum atomic E-state index is -3.75. The lowest BCUT2D eigenvalue weighted by Gasteiger charge is -2.31. The van der Waals surface area contributed by atoms with Crippen molar-refractivity contribution in [3.8, 4) is 0 Å². The predicted octanol–water partition coefficient (Wildman–Crippen LogP) is 3.84. The zero-order valence-electron chi connectivity index (χ0n) is 18.4. The van der Waals surface area contributed by atoms with Crippen molar-refractivity contribution < 1.29 is 18.0 Å². The summed E-state index contributed by atoms with van der Waals surface area (Å²) >= 11 is 6.79. The van der Waals surface area contributed by atoms with E-state index in [9.17, 15) is 18.0 Å². The zero-order chi connectivity index (χ0) is 24.1. The third-order valence-electron chi connectivity index (χ3n) is 4.89. The first-order valence-electron chi connectivity index (χ1n) is 9.99. The largest absolute Gasteiger partial charge is 0.355 e. The van der Waals surface area contributed by atoms with Crippen molar-refractivity contribution in [2.45, 2.75) is 33.4 Å². The molecule has 10 heteroatoms. The Morgan fingerprint density at radius 2 is 1.72 bits per heavy atom. The Balaban J connectivity index is 2.39. The molecule has 0 heterocycles. The highest BCUT2D eigenvalue weighted by molar-refractivity contribution is 9.10. The van der Waals surface area contributed by atoms with Crippen molar-refractivity contribution in [2.75, 3.05) is 23.7 Å². The third-order valence-corrected chi connectivity index (χ3v) is 7.45. The van der Waals surface area contributed by atoms with Gasteiger partial charge in [-0.15, -0.1) is 0 Å². The average Bonchev–Trinajstić information content (AvgIpc) is 2.72. The second-order valence-corrected chi connectivity index (χ2v) is 11.1. The maximum absolute atomic E-state index is 13.4. The van der Waals surface area contributed by atoms with Gasteiger partial charge in [0.2, 0.25) is 21.8 Å². The number of amides is 2. The summed E-state index contributed by atoms with van der Waals surface area (Å²) in [6.07, 6.45) is 1.06. The van der Waals surface area contributed by atoms with Crippen LogP contribution in [0.3, 0.4) is 0 Å². The number of likely N-dealkylation sites (N-methyl/N-ethyl adjacent to an activating group) is 1. The number of anilines is 1. The normalized spacial score (nSPS) is 12.2. The van der Waals surface area contributed by atoms with E-state index < -0.39 is 28.5 Å². The second kappa shape index (κ2) is 11.3. The monoisotopic (exact) mass is 587 g/mol. The van der Waals surface area contributed by atoms with Gasteiger partial charge in [-0.25, -0.2) is 8.42 Å². The topological polar surface area (TPSA) is 86.8 Å². The highest BCUT2D eigenvalue weighted by Crippen LogP contribution is 2.25. The molecule has 0 fully saturated rings. The number of nitrogens with zero attached hydrogens (tertiary/aromatic N) is 2. The summed E-state index contributed by atoms with van der Waals surface area (Å²) in [5, 5.41) is 2.73. The van der Waals surface area contributed by atoms with Crippen molar-refractivity contribution in [1.29, 1.82) is 0 Å². The summed E-state index contributed by atoms with van der Waals surface area (Å²) in [5.41, 5.74) is 2.05. The first-order valence-corrected chi connectivity index (χ1v) is 13.4. The van der Waals surface area contributed by atoms with Gasteiger partial charge in [0.1, 0.15) is 12.6 Å². The SMILES string of the molecule is CCNC(=O)C(C)N(Cc1ccc(Br)cc1)C(=O)CN(c1ccc(Br)c(C)c1)S(C)(=O)=O. The van der Waals surface area contributed by atoms with E-state index in [2.05, 4.69) is 37.2 Å². The van der Waals surface area contributed by atoms with Gasteiger partial charge in [0.05, 0.1) is 11.9 Å². The van der Waals surface area contributed by atoms with E-state index in [4.69, 9.17) is 0 Å². The van der Waals surface area contributed by atoms with Crippen LogP contribution in [0.15, 0.2) is 51.4 Å². The Kier molecular flexibility index (Phi) is 9.29. The van der Waals surface area contributed by atoms with Crippen molar-refractivity contribution in [2.24, 2.45) is 0 Å². The van der Waals surface area contributed by atoms with E-state index >= 15 is 0 Å². The summed E-state index contributed by atoms with van der Waals surface area (Å²) in [6.45, 7) is 5.45. The smallest absolute Gasteiger partial charge is 0.244 e. The second-order valence-electron chi connectivity index (χ2n) is 7.42. The standard InChI is InChI=1S/C22H27Br2N3O4S/c1-5-25-22(29)16(3)26(13-17-6-8-18(23)9-7-17)21(28)14-27(32(4,30)31)19-10-11-20(24)15(2)12-19/h6-12,16H,5,13-14H2,1-4H3,(H,25,29). The van der Waals surface area contributed by atoms with E-state index in [-0.39, 0.29) is 12.5 Å². The molecular formula is C22H27Br2N3O4S. The van der Waals surface area contributed by atoms with Crippen LogP contribution in [-0.2, 0) is 26.2 Å². The Morgan fingerprint density at radius 3 is 2.25 bits per heavy atom. The molecule has 0 aliphatic carbocycles. The van der Waals surface area contributed by atoms with Crippen molar-refractivity contribution in [1.82, 2.24) is 10.2 Å². The lowest BCUT2D eigenvalue weighted by Crippen LogP contribution is -2.51. The van der Waals surface area contributed by atoms with E-state index in [1.54, 1.807) is 32.0 Å². The number of hydrogen-bond acceptors (Lipinski definition) is 4. The van der Waals surface area contributed by atoms with Gasteiger partial charge in [-0.1, -0.05) is 44.0 Å². The van der Waals surface area contributed by atoms with Gasteiger partial charge < -0.3 is 10.2 Å². The fraction of sp³-hybridized carbons (Fsp3) is 0.364. The van der Waals surface area contributed by atoms with Crippen LogP contribution >= 0.6 is 31.9 Å². The van der Waals surface area contributed by atoms with Crippen LogP contribution in [0.4, 0.5) is 5.69 Å².